The molecule has 0 saturated carbocycles. The summed E-state index contributed by atoms with van der Waals surface area (Å²) in [5, 5.41) is 10.0. The summed E-state index contributed by atoms with van der Waals surface area (Å²) in [6.45, 7) is 6.17. The third-order valence-electron chi connectivity index (χ3n) is 9.06. The van der Waals surface area contributed by atoms with Gasteiger partial charge in [-0.1, -0.05) is 123 Å². The van der Waals surface area contributed by atoms with E-state index in [0.29, 0.717) is 44.8 Å². The number of nitrogens with one attached hydrogen (secondary N) is 1. The van der Waals surface area contributed by atoms with Gasteiger partial charge in [0.05, 0.1) is 30.2 Å². The third-order valence-corrected chi connectivity index (χ3v) is 9.27. The Balaban J connectivity index is 1.52. The molecule has 51 heavy (non-hydrogen) atoms. The first-order valence-electron chi connectivity index (χ1n) is 16.7. The van der Waals surface area contributed by atoms with Crippen LogP contribution in [0.2, 0.25) is 5.02 Å². The topological polar surface area (TPSA) is 108 Å². The number of ether oxygens (including phenoxy) is 1. The smallest absolute Gasteiger partial charge is 0.307 e. The lowest BCUT2D eigenvalue weighted by atomic mass is 9.77. The number of aromatic nitrogens is 5. The molecule has 1 atom stereocenters. The largest absolute Gasteiger partial charge is 0.469 e. The maximum absolute atomic E-state index is 12.5. The average molecular weight is 697 g/mol. The zero-order valence-electron chi connectivity index (χ0n) is 28.7. The minimum absolute atomic E-state index is 0.139. The molecule has 1 N–H and O–H groups in total. The molecular weight excluding hydrogens is 660 g/mol. The van der Waals surface area contributed by atoms with Crippen molar-refractivity contribution < 1.29 is 13.9 Å². The molecule has 0 spiro atoms. The second-order valence-corrected chi connectivity index (χ2v) is 13.8. The number of nitrogens with zero attached hydrogens (tertiary/aromatic N) is 5. The molecule has 3 aromatic carbocycles. The van der Waals surface area contributed by atoms with E-state index in [4.69, 9.17) is 40.8 Å². The molecule has 0 saturated heterocycles. The summed E-state index contributed by atoms with van der Waals surface area (Å²) in [5.74, 6) is 1.04. The van der Waals surface area contributed by atoms with E-state index in [1.165, 1.54) is 7.11 Å². The van der Waals surface area contributed by atoms with Crippen LogP contribution in [-0.4, -0.2) is 43.9 Å². The number of hydrogen-bond acceptors (Lipinski definition) is 8. The van der Waals surface area contributed by atoms with Gasteiger partial charge in [-0.15, -0.1) is 0 Å². The van der Waals surface area contributed by atoms with Crippen LogP contribution in [0.15, 0.2) is 132 Å². The van der Waals surface area contributed by atoms with Crippen LogP contribution in [0.4, 0.5) is 5.82 Å². The molecular formula is C41H37ClN6O3. The number of hydrogen-bond donors (Lipinski definition) is 1. The van der Waals surface area contributed by atoms with Gasteiger partial charge in [-0.05, 0) is 40.3 Å². The highest BCUT2D eigenvalue weighted by Gasteiger charge is 2.42. The number of rotatable bonds is 10. The third kappa shape index (κ3) is 6.48. The molecule has 0 radical (unpaired) electrons. The van der Waals surface area contributed by atoms with Gasteiger partial charge >= 0.3 is 5.97 Å². The molecule has 0 fully saturated rings. The Morgan fingerprint density at radius 2 is 1.47 bits per heavy atom. The molecule has 0 aliphatic carbocycles. The number of fused-ring (bicyclic) bond motifs is 1. The first kappa shape index (κ1) is 33.7. The molecule has 0 aliphatic rings. The van der Waals surface area contributed by atoms with Crippen molar-refractivity contribution in [2.45, 2.75) is 38.8 Å². The molecule has 0 aliphatic heterocycles. The van der Waals surface area contributed by atoms with Crippen LogP contribution in [0.3, 0.4) is 0 Å². The maximum atomic E-state index is 12.5. The van der Waals surface area contributed by atoms with E-state index in [0.717, 1.165) is 16.7 Å². The van der Waals surface area contributed by atoms with Gasteiger partial charge in [0.25, 0.3) is 0 Å². The lowest BCUT2D eigenvalue weighted by Crippen LogP contribution is -2.38. The van der Waals surface area contributed by atoms with Crippen LogP contribution in [0.5, 0.6) is 0 Å². The van der Waals surface area contributed by atoms with Crippen molar-refractivity contribution in [1.82, 2.24) is 24.7 Å². The standard InChI is InChI=1S/C41H37ClN6O3/c1-40(2,3)34(25-36(49)50-4)45-35-24-32(33-21-14-22-51-33)44-38(46-35)37-31-23-30(42)26-43-39(31)48(47-37)41(27-15-8-5-9-16-27,28-17-10-6-11-18-28)29-19-12-7-13-20-29/h5-24,26,34H,25H2,1-4H3,(H,44,45,46)/t34-/m1/s1. The number of carbonyl (C=O) groups excluding carboxylic acids is 1. The summed E-state index contributed by atoms with van der Waals surface area (Å²) in [6.07, 6.45) is 3.37. The summed E-state index contributed by atoms with van der Waals surface area (Å²) in [6, 6.07) is 37.8. The summed E-state index contributed by atoms with van der Waals surface area (Å²) in [7, 11) is 1.39. The lowest BCUT2D eigenvalue weighted by molar-refractivity contribution is -0.141. The number of halogens is 1. The Bertz CT molecular complexity index is 2170. The first-order valence-corrected chi connectivity index (χ1v) is 17.0. The zero-order valence-corrected chi connectivity index (χ0v) is 29.5. The lowest BCUT2D eigenvalue weighted by Gasteiger charge is -2.36. The number of benzene rings is 3. The highest BCUT2D eigenvalue weighted by molar-refractivity contribution is 6.31. The Labute approximate surface area is 301 Å². The summed E-state index contributed by atoms with van der Waals surface area (Å²) < 4.78 is 12.8. The molecule has 0 bridgehead atoms. The van der Waals surface area contributed by atoms with E-state index in [9.17, 15) is 4.79 Å². The first-order chi connectivity index (χ1) is 24.7. The molecule has 4 heterocycles. The van der Waals surface area contributed by atoms with Gasteiger partial charge in [-0.2, -0.15) is 5.10 Å². The van der Waals surface area contributed by atoms with Gasteiger partial charge in [-0.25, -0.2) is 19.6 Å². The molecule has 0 unspecified atom stereocenters. The fourth-order valence-electron chi connectivity index (χ4n) is 6.46. The number of esters is 1. The Hall–Kier alpha value is -5.80. The normalized spacial score (nSPS) is 12.5. The number of carbonyl (C=O) groups is 1. The van der Waals surface area contributed by atoms with Gasteiger partial charge < -0.3 is 14.5 Å². The zero-order chi connectivity index (χ0) is 35.6. The van der Waals surface area contributed by atoms with Crippen LogP contribution in [0, 0.1) is 5.41 Å². The second kappa shape index (κ2) is 13.8. The SMILES string of the molecule is COC(=O)C[C@@H](Nc1cc(-c2ccco2)nc(-c2nn(C(c3ccccc3)(c3ccccc3)c3ccccc3)c3ncc(Cl)cc23)n1)C(C)(C)C. The van der Waals surface area contributed by atoms with Gasteiger partial charge in [0.2, 0.25) is 0 Å². The molecule has 7 rings (SSSR count). The van der Waals surface area contributed by atoms with Gasteiger partial charge in [-0.3, -0.25) is 4.79 Å². The molecule has 9 nitrogen and oxygen atoms in total. The fraction of sp³-hybridized carbons (Fsp3) is 0.195. The summed E-state index contributed by atoms with van der Waals surface area (Å²) >= 11 is 6.67. The highest BCUT2D eigenvalue weighted by atomic mass is 35.5. The van der Waals surface area contributed by atoms with E-state index in [1.807, 2.05) is 77.5 Å². The van der Waals surface area contributed by atoms with E-state index in [1.54, 1.807) is 18.5 Å². The predicted octanol–water partition coefficient (Wildman–Crippen LogP) is 9.03. The molecule has 10 heteroatoms. The molecule has 4 aromatic heterocycles. The van der Waals surface area contributed by atoms with Gasteiger partial charge in [0, 0.05) is 18.3 Å². The van der Waals surface area contributed by atoms with Crippen molar-refractivity contribution in [2.24, 2.45) is 5.41 Å². The minimum atomic E-state index is -0.960. The van der Waals surface area contributed by atoms with Crippen molar-refractivity contribution in [3.63, 3.8) is 0 Å². The van der Waals surface area contributed by atoms with Crippen molar-refractivity contribution in [3.8, 4) is 23.0 Å². The molecule has 7 aromatic rings. The Kier molecular flexibility index (Phi) is 9.14. The summed E-state index contributed by atoms with van der Waals surface area (Å²) in [4.78, 5) is 27.4. The van der Waals surface area contributed by atoms with E-state index >= 15 is 0 Å². The minimum Gasteiger partial charge on any atom is -0.469 e. The van der Waals surface area contributed by atoms with E-state index < -0.39 is 5.54 Å². The van der Waals surface area contributed by atoms with Crippen molar-refractivity contribution >= 4 is 34.4 Å². The number of anilines is 1. The fourth-order valence-corrected chi connectivity index (χ4v) is 6.62. The van der Waals surface area contributed by atoms with Crippen molar-refractivity contribution in [1.29, 1.82) is 0 Å². The highest BCUT2D eigenvalue weighted by Crippen LogP contribution is 2.44. The van der Waals surface area contributed by atoms with E-state index in [-0.39, 0.29) is 23.8 Å². The number of furan rings is 1. The number of methoxy groups -OCH3 is 1. The number of pyridine rings is 1. The van der Waals surface area contributed by atoms with Gasteiger partial charge in [0.1, 0.15) is 22.7 Å². The predicted molar refractivity (Wildman–Crippen MR) is 199 cm³/mol. The van der Waals surface area contributed by atoms with Crippen molar-refractivity contribution in [2.75, 3.05) is 12.4 Å². The Morgan fingerprint density at radius 3 is 2.00 bits per heavy atom. The van der Waals surface area contributed by atoms with Crippen LogP contribution in [0.25, 0.3) is 34.0 Å². The van der Waals surface area contributed by atoms with Crippen LogP contribution < -0.4 is 5.32 Å². The monoisotopic (exact) mass is 696 g/mol. The summed E-state index contributed by atoms with van der Waals surface area (Å²) in [5.41, 5.74) is 3.27. The quantitative estimate of drug-likeness (QED) is 0.112. The van der Waals surface area contributed by atoms with Gasteiger partial charge in [0.15, 0.2) is 17.2 Å². The Morgan fingerprint density at radius 1 is 0.863 bits per heavy atom. The van der Waals surface area contributed by atoms with Crippen LogP contribution in [0.1, 0.15) is 43.9 Å². The van der Waals surface area contributed by atoms with E-state index in [2.05, 4.69) is 62.5 Å². The van der Waals surface area contributed by atoms with Crippen LogP contribution in [-0.2, 0) is 15.1 Å². The molecule has 256 valence electrons. The average Bonchev–Trinajstić information content (AvgIpc) is 3.82. The maximum Gasteiger partial charge on any atom is 0.307 e. The second-order valence-electron chi connectivity index (χ2n) is 13.4. The molecule has 0 amide bonds. The van der Waals surface area contributed by atoms with Crippen LogP contribution >= 0.6 is 11.6 Å². The van der Waals surface area contributed by atoms with Crippen molar-refractivity contribution in [3.05, 3.63) is 149 Å².